The zero-order valence-electron chi connectivity index (χ0n) is 11.4. The molecule has 5 nitrogen and oxygen atoms in total. The molecule has 0 fully saturated rings. The molecule has 0 unspecified atom stereocenters. The van der Waals surface area contributed by atoms with Crippen LogP contribution in [0.1, 0.15) is 17.1 Å². The molecule has 20 heavy (non-hydrogen) atoms. The van der Waals surface area contributed by atoms with Crippen LogP contribution < -0.4 is 0 Å². The van der Waals surface area contributed by atoms with Crippen molar-refractivity contribution in [3.8, 4) is 0 Å². The zero-order valence-corrected chi connectivity index (χ0v) is 13.0. The van der Waals surface area contributed by atoms with E-state index in [1.165, 1.54) is 0 Å². The maximum absolute atomic E-state index is 5.09. The van der Waals surface area contributed by atoms with Gasteiger partial charge in [-0.15, -0.1) is 0 Å². The lowest BCUT2D eigenvalue weighted by Crippen LogP contribution is -2.18. The van der Waals surface area contributed by atoms with E-state index in [0.717, 1.165) is 40.4 Å². The summed E-state index contributed by atoms with van der Waals surface area (Å²) < 4.78 is 8.22. The van der Waals surface area contributed by atoms with Crippen LogP contribution in [0, 0.1) is 6.92 Å². The van der Waals surface area contributed by atoms with E-state index in [0.29, 0.717) is 0 Å². The van der Waals surface area contributed by atoms with E-state index >= 15 is 0 Å². The predicted molar refractivity (Wildman–Crippen MR) is 79.3 cm³/mol. The normalized spacial score (nSPS) is 11.6. The van der Waals surface area contributed by atoms with Gasteiger partial charge in [0.05, 0.1) is 17.6 Å². The minimum atomic E-state index is 0.749. The molecule has 0 aliphatic heterocycles. The van der Waals surface area contributed by atoms with Crippen molar-refractivity contribution in [2.45, 2.75) is 20.0 Å². The molecule has 0 aliphatic rings. The van der Waals surface area contributed by atoms with E-state index in [1.54, 1.807) is 0 Å². The van der Waals surface area contributed by atoms with Crippen molar-refractivity contribution in [3.05, 3.63) is 52.2 Å². The molecule has 104 valence electrons. The molecule has 0 saturated heterocycles. The van der Waals surface area contributed by atoms with Crippen LogP contribution in [0.2, 0.25) is 0 Å². The fourth-order valence-corrected chi connectivity index (χ4v) is 2.56. The first-order valence-electron chi connectivity index (χ1n) is 6.34. The molecule has 3 heterocycles. The molecule has 3 rings (SSSR count). The zero-order chi connectivity index (χ0) is 14.1. The number of hydrogen-bond donors (Lipinski definition) is 0. The van der Waals surface area contributed by atoms with Crippen molar-refractivity contribution in [2.75, 3.05) is 7.05 Å². The Morgan fingerprint density at radius 3 is 2.95 bits per heavy atom. The number of rotatable bonds is 4. The number of aromatic nitrogens is 3. The molecule has 0 aliphatic carbocycles. The molecule has 0 bridgehead atoms. The van der Waals surface area contributed by atoms with Gasteiger partial charge in [-0.2, -0.15) is 0 Å². The highest BCUT2D eigenvalue weighted by Crippen LogP contribution is 2.15. The quantitative estimate of drug-likeness (QED) is 0.735. The third-order valence-electron chi connectivity index (χ3n) is 3.09. The van der Waals surface area contributed by atoms with Crippen LogP contribution in [-0.2, 0) is 13.1 Å². The Hall–Kier alpha value is -1.66. The van der Waals surface area contributed by atoms with Crippen molar-refractivity contribution in [3.63, 3.8) is 0 Å². The highest BCUT2D eigenvalue weighted by molar-refractivity contribution is 9.10. The van der Waals surface area contributed by atoms with Gasteiger partial charge in [-0.3, -0.25) is 4.90 Å². The summed E-state index contributed by atoms with van der Waals surface area (Å²) in [6.07, 6.45) is 3.94. The standard InChI is InChI=1S/C14H15BrN4O/c1-10-5-12(17-20-10)8-18(2)9-13-6-16-14-4-3-11(15)7-19(13)14/h3-7H,8-9H2,1-2H3. The third kappa shape index (κ3) is 2.76. The Bertz CT molecular complexity index is 734. The van der Waals surface area contributed by atoms with Crippen LogP contribution in [0.15, 0.2) is 39.6 Å². The van der Waals surface area contributed by atoms with Crippen LogP contribution in [0.25, 0.3) is 5.65 Å². The molecule has 6 heteroatoms. The third-order valence-corrected chi connectivity index (χ3v) is 3.56. The second-order valence-electron chi connectivity index (χ2n) is 4.93. The van der Waals surface area contributed by atoms with E-state index in [-0.39, 0.29) is 0 Å². The fraction of sp³-hybridized carbons (Fsp3) is 0.286. The van der Waals surface area contributed by atoms with Crippen molar-refractivity contribution >= 4 is 21.6 Å². The van der Waals surface area contributed by atoms with Gasteiger partial charge in [0.1, 0.15) is 11.4 Å². The summed E-state index contributed by atoms with van der Waals surface area (Å²) in [7, 11) is 2.06. The lowest BCUT2D eigenvalue weighted by molar-refractivity contribution is 0.298. The largest absolute Gasteiger partial charge is 0.361 e. The molecule has 0 aromatic carbocycles. The molecule has 3 aromatic rings. The van der Waals surface area contributed by atoms with Gasteiger partial charge < -0.3 is 8.92 Å². The lowest BCUT2D eigenvalue weighted by atomic mass is 10.3. The Labute approximate surface area is 125 Å². The van der Waals surface area contributed by atoms with Gasteiger partial charge in [-0.25, -0.2) is 4.98 Å². The minimum absolute atomic E-state index is 0.749. The number of fused-ring (bicyclic) bond motifs is 1. The maximum atomic E-state index is 5.09. The van der Waals surface area contributed by atoms with Gasteiger partial charge >= 0.3 is 0 Å². The van der Waals surface area contributed by atoms with Gasteiger partial charge in [0.15, 0.2) is 0 Å². The van der Waals surface area contributed by atoms with E-state index in [2.05, 4.69) is 42.4 Å². The number of pyridine rings is 1. The Morgan fingerprint density at radius 2 is 2.20 bits per heavy atom. The van der Waals surface area contributed by atoms with Crippen LogP contribution in [0.3, 0.4) is 0 Å². The van der Waals surface area contributed by atoms with E-state index in [9.17, 15) is 0 Å². The average Bonchev–Trinajstić information content (AvgIpc) is 2.97. The summed E-state index contributed by atoms with van der Waals surface area (Å²) in [5, 5.41) is 4.01. The number of hydrogen-bond acceptors (Lipinski definition) is 4. The van der Waals surface area contributed by atoms with Gasteiger partial charge in [0.25, 0.3) is 0 Å². The molecule has 0 spiro atoms. The van der Waals surface area contributed by atoms with Crippen molar-refractivity contribution < 1.29 is 4.52 Å². The van der Waals surface area contributed by atoms with Crippen LogP contribution >= 0.6 is 15.9 Å². The lowest BCUT2D eigenvalue weighted by Gasteiger charge is -2.14. The summed E-state index contributed by atoms with van der Waals surface area (Å²) in [4.78, 5) is 6.59. The topological polar surface area (TPSA) is 46.6 Å². The van der Waals surface area contributed by atoms with Crippen LogP contribution in [-0.4, -0.2) is 26.5 Å². The predicted octanol–water partition coefficient (Wildman–Crippen LogP) is 3.03. The number of imidazole rings is 1. The second-order valence-corrected chi connectivity index (χ2v) is 5.84. The van der Waals surface area contributed by atoms with Crippen LogP contribution in [0.5, 0.6) is 0 Å². The summed E-state index contributed by atoms with van der Waals surface area (Å²) in [6.45, 7) is 3.45. The Morgan fingerprint density at radius 1 is 1.35 bits per heavy atom. The van der Waals surface area contributed by atoms with Gasteiger partial charge in [0, 0.05) is 29.8 Å². The molecule has 0 atom stereocenters. The maximum Gasteiger partial charge on any atom is 0.136 e. The Balaban J connectivity index is 1.77. The summed E-state index contributed by atoms with van der Waals surface area (Å²) in [5.74, 6) is 0.840. The molecular weight excluding hydrogens is 320 g/mol. The SMILES string of the molecule is Cc1cc(CN(C)Cc2cnc3ccc(Br)cn23)no1. The summed E-state index contributed by atoms with van der Waals surface area (Å²) in [6, 6.07) is 5.95. The van der Waals surface area contributed by atoms with E-state index in [4.69, 9.17) is 4.52 Å². The molecule has 0 radical (unpaired) electrons. The first-order valence-corrected chi connectivity index (χ1v) is 7.13. The monoisotopic (exact) mass is 334 g/mol. The first kappa shape index (κ1) is 13.3. The van der Waals surface area contributed by atoms with Crippen molar-refractivity contribution in [1.29, 1.82) is 0 Å². The van der Waals surface area contributed by atoms with Crippen molar-refractivity contribution in [2.24, 2.45) is 0 Å². The second kappa shape index (κ2) is 5.38. The molecule has 0 amide bonds. The summed E-state index contributed by atoms with van der Waals surface area (Å²) in [5.41, 5.74) is 3.04. The van der Waals surface area contributed by atoms with E-state index < -0.39 is 0 Å². The highest BCUT2D eigenvalue weighted by Gasteiger charge is 2.09. The number of aryl methyl sites for hydroxylation is 1. The van der Waals surface area contributed by atoms with E-state index in [1.807, 2.05) is 37.5 Å². The summed E-state index contributed by atoms with van der Waals surface area (Å²) >= 11 is 3.49. The molecule has 0 N–H and O–H groups in total. The van der Waals surface area contributed by atoms with Gasteiger partial charge in [-0.05, 0) is 42.0 Å². The fourth-order valence-electron chi connectivity index (χ4n) is 2.22. The molecule has 0 saturated carbocycles. The smallest absolute Gasteiger partial charge is 0.136 e. The van der Waals surface area contributed by atoms with Gasteiger partial charge in [0.2, 0.25) is 0 Å². The number of halogens is 1. The van der Waals surface area contributed by atoms with Gasteiger partial charge in [-0.1, -0.05) is 5.16 Å². The number of nitrogens with zero attached hydrogens (tertiary/aromatic N) is 4. The molecule has 3 aromatic heterocycles. The Kier molecular flexibility index (Phi) is 3.58. The highest BCUT2D eigenvalue weighted by atomic mass is 79.9. The molecular formula is C14H15BrN4O. The average molecular weight is 335 g/mol. The van der Waals surface area contributed by atoms with Crippen LogP contribution in [0.4, 0.5) is 0 Å². The minimum Gasteiger partial charge on any atom is -0.361 e. The first-order chi connectivity index (χ1) is 9.61. The van der Waals surface area contributed by atoms with Crippen molar-refractivity contribution in [1.82, 2.24) is 19.4 Å².